The summed E-state index contributed by atoms with van der Waals surface area (Å²) in [5, 5.41) is 3.28. The summed E-state index contributed by atoms with van der Waals surface area (Å²) in [7, 11) is 0. The van der Waals surface area contributed by atoms with E-state index in [0.29, 0.717) is 5.82 Å². The average Bonchev–Trinajstić information content (AvgIpc) is 2.71. The van der Waals surface area contributed by atoms with Gasteiger partial charge in [-0.05, 0) is 30.2 Å². The monoisotopic (exact) mass is 307 g/mol. The van der Waals surface area contributed by atoms with Crippen LogP contribution in [0.15, 0.2) is 30.5 Å². The summed E-state index contributed by atoms with van der Waals surface area (Å²) in [5.41, 5.74) is 1.62. The zero-order chi connectivity index (χ0) is 15.6. The van der Waals surface area contributed by atoms with Crippen LogP contribution in [-0.4, -0.2) is 23.1 Å². The van der Waals surface area contributed by atoms with Crippen molar-refractivity contribution in [2.75, 3.05) is 13.1 Å². The van der Waals surface area contributed by atoms with Gasteiger partial charge in [-0.25, -0.2) is 9.97 Å². The fourth-order valence-electron chi connectivity index (χ4n) is 2.67. The van der Waals surface area contributed by atoms with Gasteiger partial charge in [-0.3, -0.25) is 0 Å². The van der Waals surface area contributed by atoms with Crippen LogP contribution < -0.4 is 5.32 Å². The van der Waals surface area contributed by atoms with Crippen LogP contribution in [0.5, 0.6) is 0 Å². The first-order valence-electron chi connectivity index (χ1n) is 7.23. The van der Waals surface area contributed by atoms with E-state index in [9.17, 15) is 13.2 Å². The van der Waals surface area contributed by atoms with Crippen LogP contribution in [0.3, 0.4) is 0 Å². The molecule has 0 amide bonds. The molecule has 1 N–H and O–H groups in total. The molecule has 0 atom stereocenters. The van der Waals surface area contributed by atoms with Gasteiger partial charge in [0.15, 0.2) is 0 Å². The Morgan fingerprint density at radius 2 is 1.86 bits per heavy atom. The highest BCUT2D eigenvalue weighted by atomic mass is 19.4. The van der Waals surface area contributed by atoms with Crippen LogP contribution >= 0.6 is 0 Å². The molecule has 1 aromatic carbocycles. The number of fused-ring (bicyclic) bond motifs is 1. The summed E-state index contributed by atoms with van der Waals surface area (Å²) < 4.78 is 39.1. The molecule has 3 rings (SSSR count). The van der Waals surface area contributed by atoms with Gasteiger partial charge in [0.05, 0.1) is 5.56 Å². The van der Waals surface area contributed by atoms with E-state index in [4.69, 9.17) is 0 Å². The second-order valence-corrected chi connectivity index (χ2v) is 5.34. The van der Waals surface area contributed by atoms with Crippen molar-refractivity contribution in [1.29, 1.82) is 0 Å². The molecule has 0 radical (unpaired) electrons. The van der Waals surface area contributed by atoms with Crippen LogP contribution in [0, 0.1) is 0 Å². The van der Waals surface area contributed by atoms with Gasteiger partial charge in [0.25, 0.3) is 0 Å². The van der Waals surface area contributed by atoms with Crippen molar-refractivity contribution >= 4 is 0 Å². The predicted molar refractivity (Wildman–Crippen MR) is 76.6 cm³/mol. The third kappa shape index (κ3) is 3.27. The van der Waals surface area contributed by atoms with E-state index >= 15 is 0 Å². The number of benzene rings is 1. The molecule has 3 nitrogen and oxygen atoms in total. The van der Waals surface area contributed by atoms with E-state index in [-0.39, 0.29) is 12.0 Å². The van der Waals surface area contributed by atoms with E-state index in [2.05, 4.69) is 15.3 Å². The number of rotatable bonds is 2. The SMILES string of the molecule is FC(F)(F)c1ccccc1Cc1ncc2c(n1)CCNCC2. The Hall–Kier alpha value is -1.95. The molecule has 0 bridgehead atoms. The maximum atomic E-state index is 13.0. The van der Waals surface area contributed by atoms with E-state index in [1.807, 2.05) is 0 Å². The number of nitrogens with zero attached hydrogens (tertiary/aromatic N) is 2. The molecule has 0 aliphatic carbocycles. The molecular formula is C16H16F3N3. The summed E-state index contributed by atoms with van der Waals surface area (Å²) >= 11 is 0. The number of alkyl halides is 3. The fraction of sp³-hybridized carbons (Fsp3) is 0.375. The zero-order valence-electron chi connectivity index (χ0n) is 12.0. The first kappa shape index (κ1) is 15.0. The summed E-state index contributed by atoms with van der Waals surface area (Å²) in [4.78, 5) is 8.72. The summed E-state index contributed by atoms with van der Waals surface area (Å²) in [5.74, 6) is 0.442. The van der Waals surface area contributed by atoms with Crippen molar-refractivity contribution in [3.63, 3.8) is 0 Å². The number of hydrogen-bond donors (Lipinski definition) is 1. The third-order valence-corrected chi connectivity index (χ3v) is 3.79. The standard InChI is InChI=1S/C16H16F3N3/c17-16(18,19)13-4-2-1-3-11(13)9-15-21-10-12-5-7-20-8-6-14(12)22-15/h1-4,10,20H,5-9H2. The average molecular weight is 307 g/mol. The fourth-order valence-corrected chi connectivity index (χ4v) is 2.67. The second kappa shape index (κ2) is 6.04. The maximum absolute atomic E-state index is 13.0. The van der Waals surface area contributed by atoms with Gasteiger partial charge in [0.2, 0.25) is 0 Å². The van der Waals surface area contributed by atoms with Gasteiger partial charge in [-0.1, -0.05) is 18.2 Å². The predicted octanol–water partition coefficient (Wildman–Crippen LogP) is 2.77. The smallest absolute Gasteiger partial charge is 0.316 e. The lowest BCUT2D eigenvalue weighted by Gasteiger charge is -2.12. The van der Waals surface area contributed by atoms with Gasteiger partial charge in [-0.2, -0.15) is 13.2 Å². The van der Waals surface area contributed by atoms with Crippen LogP contribution in [-0.2, 0) is 25.4 Å². The molecule has 2 heterocycles. The normalized spacial score (nSPS) is 15.2. The number of nitrogens with one attached hydrogen (secondary N) is 1. The summed E-state index contributed by atoms with van der Waals surface area (Å²) in [6.07, 6.45) is -0.871. The van der Waals surface area contributed by atoms with E-state index < -0.39 is 11.7 Å². The first-order valence-corrected chi connectivity index (χ1v) is 7.23. The molecule has 1 aliphatic heterocycles. The van der Waals surface area contributed by atoms with Crippen LogP contribution in [0.25, 0.3) is 0 Å². The van der Waals surface area contributed by atoms with Crippen molar-refractivity contribution in [2.24, 2.45) is 0 Å². The molecular weight excluding hydrogens is 291 g/mol. The van der Waals surface area contributed by atoms with Crippen molar-refractivity contribution in [1.82, 2.24) is 15.3 Å². The molecule has 116 valence electrons. The quantitative estimate of drug-likeness (QED) is 0.927. The molecule has 22 heavy (non-hydrogen) atoms. The van der Waals surface area contributed by atoms with E-state index in [1.165, 1.54) is 12.1 Å². The van der Waals surface area contributed by atoms with Crippen molar-refractivity contribution in [2.45, 2.75) is 25.4 Å². The van der Waals surface area contributed by atoms with Gasteiger partial charge >= 0.3 is 6.18 Å². The number of hydrogen-bond acceptors (Lipinski definition) is 3. The van der Waals surface area contributed by atoms with Crippen LogP contribution in [0.2, 0.25) is 0 Å². The van der Waals surface area contributed by atoms with Crippen molar-refractivity contribution in [3.05, 3.63) is 58.7 Å². The van der Waals surface area contributed by atoms with Gasteiger partial charge in [0, 0.05) is 31.3 Å². The van der Waals surface area contributed by atoms with E-state index in [0.717, 1.165) is 43.3 Å². The lowest BCUT2D eigenvalue weighted by Crippen LogP contribution is -2.16. The van der Waals surface area contributed by atoms with Gasteiger partial charge in [0.1, 0.15) is 5.82 Å². The Kier molecular flexibility index (Phi) is 4.11. The maximum Gasteiger partial charge on any atom is 0.416 e. The lowest BCUT2D eigenvalue weighted by molar-refractivity contribution is -0.138. The Labute approximate surface area is 126 Å². The highest BCUT2D eigenvalue weighted by molar-refractivity contribution is 5.32. The molecule has 0 unspecified atom stereocenters. The highest BCUT2D eigenvalue weighted by Gasteiger charge is 2.33. The van der Waals surface area contributed by atoms with Gasteiger partial charge in [-0.15, -0.1) is 0 Å². The Morgan fingerprint density at radius 3 is 2.68 bits per heavy atom. The largest absolute Gasteiger partial charge is 0.416 e. The molecule has 0 saturated heterocycles. The summed E-state index contributed by atoms with van der Waals surface area (Å²) in [6, 6.07) is 5.59. The molecule has 0 spiro atoms. The lowest BCUT2D eigenvalue weighted by atomic mass is 10.0. The van der Waals surface area contributed by atoms with E-state index in [1.54, 1.807) is 12.3 Å². The van der Waals surface area contributed by atoms with Crippen molar-refractivity contribution in [3.8, 4) is 0 Å². The number of halogens is 3. The van der Waals surface area contributed by atoms with Crippen LogP contribution in [0.1, 0.15) is 28.2 Å². The first-order chi connectivity index (χ1) is 10.5. The second-order valence-electron chi connectivity index (χ2n) is 5.34. The van der Waals surface area contributed by atoms with Crippen LogP contribution in [0.4, 0.5) is 13.2 Å². The molecule has 1 aromatic heterocycles. The topological polar surface area (TPSA) is 37.8 Å². The zero-order valence-corrected chi connectivity index (χ0v) is 12.0. The Morgan fingerprint density at radius 1 is 1.09 bits per heavy atom. The minimum atomic E-state index is -4.35. The number of aromatic nitrogens is 2. The molecule has 0 fully saturated rings. The Bertz CT molecular complexity index is 668. The minimum absolute atomic E-state index is 0.0936. The molecule has 1 aliphatic rings. The molecule has 2 aromatic rings. The Balaban J connectivity index is 1.90. The highest BCUT2D eigenvalue weighted by Crippen LogP contribution is 2.32. The summed E-state index contributed by atoms with van der Waals surface area (Å²) in [6.45, 7) is 1.72. The van der Waals surface area contributed by atoms with Gasteiger partial charge < -0.3 is 5.32 Å². The molecule has 0 saturated carbocycles. The molecule has 6 heteroatoms. The minimum Gasteiger partial charge on any atom is -0.316 e. The van der Waals surface area contributed by atoms with Crippen molar-refractivity contribution < 1.29 is 13.2 Å². The third-order valence-electron chi connectivity index (χ3n) is 3.79.